The van der Waals surface area contributed by atoms with Crippen molar-refractivity contribution >= 4 is 23.3 Å². The normalized spacial score (nSPS) is 24.4. The van der Waals surface area contributed by atoms with E-state index in [1.165, 1.54) is 17.5 Å². The maximum atomic E-state index is 13.8. The van der Waals surface area contributed by atoms with Crippen LogP contribution in [0.4, 0.5) is 8.78 Å². The maximum absolute atomic E-state index is 13.8. The zero-order chi connectivity index (χ0) is 19.8. The fourth-order valence-corrected chi connectivity index (χ4v) is 3.58. The van der Waals surface area contributed by atoms with E-state index in [9.17, 15) is 18.7 Å². The van der Waals surface area contributed by atoms with Crippen molar-refractivity contribution in [2.45, 2.75) is 33.2 Å². The molecule has 0 amide bonds. The summed E-state index contributed by atoms with van der Waals surface area (Å²) < 4.78 is 33.0. The molecule has 1 atom stereocenters. The highest BCUT2D eigenvalue weighted by molar-refractivity contribution is 6.29. The van der Waals surface area contributed by atoms with E-state index < -0.39 is 23.5 Å². The number of carboxylic acid groups (broad SMARTS) is 1. The number of nitrogens with zero attached hydrogens (tertiary/aromatic N) is 3. The number of aliphatic carboxylic acids is 1. The fraction of sp³-hybridized carbons (Fsp3) is 0.500. The van der Waals surface area contributed by atoms with Gasteiger partial charge in [-0.2, -0.15) is 5.10 Å². The number of hydrazone groups is 1. The number of hydrogen-bond acceptors (Lipinski definition) is 5. The van der Waals surface area contributed by atoms with Crippen LogP contribution in [0.25, 0.3) is 0 Å². The van der Waals surface area contributed by atoms with Gasteiger partial charge in [-0.15, -0.1) is 0 Å². The smallest absolute Gasteiger partial charge is 0.321 e. The summed E-state index contributed by atoms with van der Waals surface area (Å²) in [6, 6.07) is 3.27. The molecule has 0 spiro atoms. The second-order valence-corrected chi connectivity index (χ2v) is 7.99. The van der Waals surface area contributed by atoms with Gasteiger partial charge in [0.05, 0.1) is 26.0 Å². The Bertz CT molecular complexity index is 796. The van der Waals surface area contributed by atoms with Crippen LogP contribution < -0.4 is 0 Å². The summed E-state index contributed by atoms with van der Waals surface area (Å²) in [6.07, 6.45) is 0.152. The zero-order valence-corrected chi connectivity index (χ0v) is 15.7. The molecular weight excluding hydrogens is 380 g/mol. The lowest BCUT2D eigenvalue weighted by Gasteiger charge is -2.37. The predicted molar refractivity (Wildman–Crippen MR) is 95.6 cm³/mol. The van der Waals surface area contributed by atoms with Crippen LogP contribution in [0.3, 0.4) is 0 Å². The first-order chi connectivity index (χ1) is 12.6. The summed E-state index contributed by atoms with van der Waals surface area (Å²) in [5, 5.41) is 15.6. The number of hydrogen-bond donors (Lipinski definition) is 1. The average Bonchev–Trinajstić information content (AvgIpc) is 2.97. The van der Waals surface area contributed by atoms with Crippen LogP contribution in [0.15, 0.2) is 35.3 Å². The number of halogens is 3. The molecule has 0 fully saturated rings. The molecule has 2 aliphatic rings. The Kier molecular flexibility index (Phi) is 5.12. The standard InChI is InChI=1S/C18H20ClF2N3O3/c1-17(2)5-12(8-27-10-17)18(16(25)26)9-24(23-14(18)15(20)21)7-11-3-4-13(19)22-6-11/h3-4,6,8,15H,5,7,9-10H2,1-2H3,(H,25,26). The van der Waals surface area contributed by atoms with Gasteiger partial charge in [0.25, 0.3) is 6.43 Å². The van der Waals surface area contributed by atoms with Crippen molar-refractivity contribution < 1.29 is 23.4 Å². The number of carboxylic acids is 1. The molecule has 6 nitrogen and oxygen atoms in total. The number of alkyl halides is 2. The van der Waals surface area contributed by atoms with Gasteiger partial charge in [-0.1, -0.05) is 31.5 Å². The van der Waals surface area contributed by atoms with Gasteiger partial charge in [0, 0.05) is 11.6 Å². The van der Waals surface area contributed by atoms with Crippen LogP contribution in [0, 0.1) is 10.8 Å². The molecule has 0 saturated carbocycles. The van der Waals surface area contributed by atoms with Gasteiger partial charge in [-0.3, -0.25) is 9.80 Å². The predicted octanol–water partition coefficient (Wildman–Crippen LogP) is 3.57. The van der Waals surface area contributed by atoms with Crippen LogP contribution in [-0.4, -0.2) is 46.4 Å². The molecule has 2 aliphatic heterocycles. The summed E-state index contributed by atoms with van der Waals surface area (Å²) >= 11 is 5.76. The first kappa shape index (κ1) is 19.5. The maximum Gasteiger partial charge on any atom is 0.321 e. The molecule has 0 aromatic carbocycles. The lowest BCUT2D eigenvalue weighted by atomic mass is 9.70. The van der Waals surface area contributed by atoms with Crippen LogP contribution >= 0.6 is 11.6 Å². The van der Waals surface area contributed by atoms with Crippen molar-refractivity contribution in [3.05, 3.63) is 40.9 Å². The molecule has 1 unspecified atom stereocenters. The lowest BCUT2D eigenvalue weighted by molar-refractivity contribution is -0.144. The van der Waals surface area contributed by atoms with Gasteiger partial charge in [-0.05, 0) is 23.6 Å². The number of ether oxygens (including phenoxy) is 1. The first-order valence-corrected chi connectivity index (χ1v) is 8.79. The first-order valence-electron chi connectivity index (χ1n) is 8.41. The molecule has 0 aliphatic carbocycles. The molecule has 0 bridgehead atoms. The van der Waals surface area contributed by atoms with E-state index in [0.717, 1.165) is 0 Å². The monoisotopic (exact) mass is 399 g/mol. The van der Waals surface area contributed by atoms with Gasteiger partial charge < -0.3 is 9.84 Å². The Morgan fingerprint density at radius 2 is 2.19 bits per heavy atom. The Labute approximate surface area is 160 Å². The molecule has 0 saturated heterocycles. The third-order valence-electron chi connectivity index (χ3n) is 4.75. The summed E-state index contributed by atoms with van der Waals surface area (Å²) in [7, 11) is 0. The van der Waals surface area contributed by atoms with E-state index in [1.807, 2.05) is 13.8 Å². The minimum absolute atomic E-state index is 0.146. The Hall–Kier alpha value is -2.22. The third kappa shape index (κ3) is 3.76. The van der Waals surface area contributed by atoms with Crippen LogP contribution in [-0.2, 0) is 16.1 Å². The van der Waals surface area contributed by atoms with E-state index >= 15 is 0 Å². The van der Waals surface area contributed by atoms with Crippen LogP contribution in [0.2, 0.25) is 5.15 Å². The second kappa shape index (κ2) is 7.07. The topological polar surface area (TPSA) is 75.0 Å². The Morgan fingerprint density at radius 1 is 1.44 bits per heavy atom. The fourth-order valence-electron chi connectivity index (χ4n) is 3.47. The Morgan fingerprint density at radius 3 is 2.74 bits per heavy atom. The number of rotatable bonds is 5. The van der Waals surface area contributed by atoms with Crippen LogP contribution in [0.5, 0.6) is 0 Å². The molecule has 1 N–H and O–H groups in total. The molecule has 3 rings (SSSR count). The van der Waals surface area contributed by atoms with E-state index in [-0.39, 0.29) is 18.5 Å². The number of aromatic nitrogens is 1. The van der Waals surface area contributed by atoms with Crippen molar-refractivity contribution in [2.24, 2.45) is 15.9 Å². The average molecular weight is 400 g/mol. The Balaban J connectivity index is 1.96. The summed E-state index contributed by atoms with van der Waals surface area (Å²) in [4.78, 5) is 16.2. The summed E-state index contributed by atoms with van der Waals surface area (Å²) in [5.41, 5.74) is -1.93. The number of pyridine rings is 1. The quantitative estimate of drug-likeness (QED) is 0.766. The van der Waals surface area contributed by atoms with Crippen LogP contribution in [0.1, 0.15) is 25.8 Å². The zero-order valence-electron chi connectivity index (χ0n) is 15.0. The molecule has 146 valence electrons. The molecule has 9 heteroatoms. The van der Waals surface area contributed by atoms with E-state index in [1.54, 1.807) is 12.1 Å². The van der Waals surface area contributed by atoms with Crippen molar-refractivity contribution in [1.29, 1.82) is 0 Å². The SMILES string of the molecule is CC1(C)COC=C(C2(C(=O)O)CN(Cc3ccc(Cl)nc3)N=C2C(F)F)C1. The molecule has 3 heterocycles. The van der Waals surface area contributed by atoms with E-state index in [0.29, 0.717) is 29.3 Å². The highest BCUT2D eigenvalue weighted by Crippen LogP contribution is 2.45. The largest absolute Gasteiger partial charge is 0.501 e. The van der Waals surface area contributed by atoms with Gasteiger partial charge in [0.2, 0.25) is 0 Å². The minimum atomic E-state index is -3.00. The highest BCUT2D eigenvalue weighted by Gasteiger charge is 2.56. The molecule has 0 radical (unpaired) electrons. The third-order valence-corrected chi connectivity index (χ3v) is 4.97. The second-order valence-electron chi connectivity index (χ2n) is 7.60. The van der Waals surface area contributed by atoms with Gasteiger partial charge in [-0.25, -0.2) is 13.8 Å². The highest BCUT2D eigenvalue weighted by atomic mass is 35.5. The van der Waals surface area contributed by atoms with Crippen molar-refractivity contribution in [3.63, 3.8) is 0 Å². The summed E-state index contributed by atoms with van der Waals surface area (Å²) in [5.74, 6) is -1.36. The van der Waals surface area contributed by atoms with E-state index in [2.05, 4.69) is 10.1 Å². The van der Waals surface area contributed by atoms with Crippen molar-refractivity contribution in [2.75, 3.05) is 13.2 Å². The molecular formula is C18H20ClF2N3O3. The lowest BCUT2D eigenvalue weighted by Crippen LogP contribution is -2.47. The van der Waals surface area contributed by atoms with E-state index in [4.69, 9.17) is 16.3 Å². The van der Waals surface area contributed by atoms with Gasteiger partial charge in [0.15, 0.2) is 5.41 Å². The van der Waals surface area contributed by atoms with Crippen molar-refractivity contribution in [3.8, 4) is 0 Å². The number of carbonyl (C=O) groups is 1. The molecule has 1 aromatic heterocycles. The molecule has 27 heavy (non-hydrogen) atoms. The minimum Gasteiger partial charge on any atom is -0.501 e. The molecule has 1 aromatic rings. The van der Waals surface area contributed by atoms with Crippen molar-refractivity contribution in [1.82, 2.24) is 9.99 Å². The van der Waals surface area contributed by atoms with Gasteiger partial charge >= 0.3 is 5.97 Å². The van der Waals surface area contributed by atoms with Gasteiger partial charge in [0.1, 0.15) is 10.9 Å². The summed E-state index contributed by atoms with van der Waals surface area (Å²) in [6.45, 7) is 4.15.